The molecule has 0 saturated heterocycles. The second-order valence-corrected chi connectivity index (χ2v) is 2.80. The zero-order valence-electron chi connectivity index (χ0n) is 7.75. The number of benzene rings is 1. The molecule has 0 bridgehead atoms. The first-order valence-electron chi connectivity index (χ1n) is 4.25. The third-order valence-electron chi connectivity index (χ3n) is 1.74. The van der Waals surface area contributed by atoms with Crippen LogP contribution in [0.5, 0.6) is 5.75 Å². The van der Waals surface area contributed by atoms with Crippen molar-refractivity contribution in [2.75, 3.05) is 6.61 Å². The summed E-state index contributed by atoms with van der Waals surface area (Å²) >= 11 is 0. The molecule has 13 heavy (non-hydrogen) atoms. The van der Waals surface area contributed by atoms with Crippen LogP contribution in [0.25, 0.3) is 0 Å². The van der Waals surface area contributed by atoms with E-state index in [9.17, 15) is 9.50 Å². The van der Waals surface area contributed by atoms with Gasteiger partial charge in [0.15, 0.2) is 11.6 Å². The number of aliphatic hydroxyl groups excluding tert-OH is 1. The Hall–Kier alpha value is -1.09. The normalized spacial score (nSPS) is 12.6. The Morgan fingerprint density at radius 3 is 2.77 bits per heavy atom. The summed E-state index contributed by atoms with van der Waals surface area (Å²) in [7, 11) is 0. The number of hydrogen-bond donors (Lipinski definition) is 1. The van der Waals surface area contributed by atoms with Crippen LogP contribution in [0.15, 0.2) is 18.2 Å². The summed E-state index contributed by atoms with van der Waals surface area (Å²) < 4.78 is 18.1. The number of ether oxygens (including phenoxy) is 1. The van der Waals surface area contributed by atoms with Crippen molar-refractivity contribution in [3.63, 3.8) is 0 Å². The summed E-state index contributed by atoms with van der Waals surface area (Å²) in [6, 6.07) is 4.36. The average Bonchev–Trinajstić information content (AvgIpc) is 2.08. The van der Waals surface area contributed by atoms with E-state index in [4.69, 9.17) is 4.74 Å². The van der Waals surface area contributed by atoms with Crippen LogP contribution in [0.1, 0.15) is 25.5 Å². The molecule has 0 heterocycles. The summed E-state index contributed by atoms with van der Waals surface area (Å²) in [6.45, 7) is 3.83. The van der Waals surface area contributed by atoms with Crippen LogP contribution in [0.2, 0.25) is 0 Å². The first kappa shape index (κ1) is 9.99. The second-order valence-electron chi connectivity index (χ2n) is 2.80. The molecule has 0 saturated carbocycles. The molecule has 1 rings (SSSR count). The van der Waals surface area contributed by atoms with Gasteiger partial charge in [0.1, 0.15) is 0 Å². The zero-order chi connectivity index (χ0) is 9.84. The molecule has 1 atom stereocenters. The lowest BCUT2D eigenvalue weighted by atomic mass is 10.1. The molecule has 0 aliphatic heterocycles. The molecular formula is C10H13FO2. The summed E-state index contributed by atoms with van der Waals surface area (Å²) in [6.07, 6.45) is -0.597. The van der Waals surface area contributed by atoms with Gasteiger partial charge >= 0.3 is 0 Å². The predicted molar refractivity (Wildman–Crippen MR) is 48.2 cm³/mol. The molecule has 1 N–H and O–H groups in total. The van der Waals surface area contributed by atoms with E-state index in [-0.39, 0.29) is 5.75 Å². The molecule has 0 fully saturated rings. The number of rotatable bonds is 3. The summed E-state index contributed by atoms with van der Waals surface area (Å²) in [5, 5.41) is 9.23. The number of aliphatic hydroxyl groups is 1. The molecule has 2 nitrogen and oxygen atoms in total. The maximum absolute atomic E-state index is 13.0. The van der Waals surface area contributed by atoms with Gasteiger partial charge < -0.3 is 9.84 Å². The standard InChI is InChI=1S/C10H13FO2/c1-3-13-10-6-8(7(2)12)4-5-9(10)11/h4-7,12H,3H2,1-2H3/t7-/m0/s1. The highest BCUT2D eigenvalue weighted by molar-refractivity contribution is 5.31. The van der Waals surface area contributed by atoms with Gasteiger partial charge in [0, 0.05) is 0 Å². The van der Waals surface area contributed by atoms with Gasteiger partial charge in [0.05, 0.1) is 12.7 Å². The number of halogens is 1. The van der Waals surface area contributed by atoms with Gasteiger partial charge in [-0.25, -0.2) is 4.39 Å². The Morgan fingerprint density at radius 2 is 2.23 bits per heavy atom. The first-order valence-corrected chi connectivity index (χ1v) is 4.25. The molecule has 72 valence electrons. The summed E-state index contributed by atoms with van der Waals surface area (Å²) in [5.41, 5.74) is 0.657. The molecular weight excluding hydrogens is 171 g/mol. The van der Waals surface area contributed by atoms with Crippen LogP contribution in [0.4, 0.5) is 4.39 Å². The Kier molecular flexibility index (Phi) is 3.25. The fourth-order valence-corrected chi connectivity index (χ4v) is 1.05. The van der Waals surface area contributed by atoms with E-state index in [0.717, 1.165) is 0 Å². The lowest BCUT2D eigenvalue weighted by Gasteiger charge is -2.08. The molecule has 0 spiro atoms. The summed E-state index contributed by atoms with van der Waals surface area (Å²) in [4.78, 5) is 0. The minimum Gasteiger partial charge on any atom is -0.491 e. The molecule has 0 radical (unpaired) electrons. The van der Waals surface area contributed by atoms with Crippen molar-refractivity contribution in [1.82, 2.24) is 0 Å². The van der Waals surface area contributed by atoms with Gasteiger partial charge in [-0.2, -0.15) is 0 Å². The third kappa shape index (κ3) is 2.42. The Bertz CT molecular complexity index is 284. The van der Waals surface area contributed by atoms with Crippen LogP contribution >= 0.6 is 0 Å². The molecule has 3 heteroatoms. The fourth-order valence-electron chi connectivity index (χ4n) is 1.05. The van der Waals surface area contributed by atoms with Crippen LogP contribution < -0.4 is 4.74 Å². The van der Waals surface area contributed by atoms with Gasteiger partial charge in [-0.05, 0) is 31.5 Å². The lowest BCUT2D eigenvalue weighted by molar-refractivity contribution is 0.198. The molecule has 0 aromatic heterocycles. The number of hydrogen-bond acceptors (Lipinski definition) is 2. The first-order chi connectivity index (χ1) is 6.15. The SMILES string of the molecule is CCOc1cc([C@H](C)O)ccc1F. The quantitative estimate of drug-likeness (QED) is 0.780. The lowest BCUT2D eigenvalue weighted by Crippen LogP contribution is -1.97. The Morgan fingerprint density at radius 1 is 1.54 bits per heavy atom. The van der Waals surface area contributed by atoms with E-state index in [1.54, 1.807) is 19.9 Å². The van der Waals surface area contributed by atoms with Crippen molar-refractivity contribution in [1.29, 1.82) is 0 Å². The monoisotopic (exact) mass is 184 g/mol. The minimum absolute atomic E-state index is 0.195. The van der Waals surface area contributed by atoms with Crippen molar-refractivity contribution >= 4 is 0 Å². The molecule has 0 aliphatic rings. The highest BCUT2D eigenvalue weighted by Crippen LogP contribution is 2.22. The average molecular weight is 184 g/mol. The minimum atomic E-state index is -0.597. The van der Waals surface area contributed by atoms with Crippen LogP contribution in [0, 0.1) is 5.82 Å². The highest BCUT2D eigenvalue weighted by Gasteiger charge is 2.06. The topological polar surface area (TPSA) is 29.5 Å². The Labute approximate surface area is 77.0 Å². The van der Waals surface area contributed by atoms with Crippen LogP contribution in [-0.4, -0.2) is 11.7 Å². The van der Waals surface area contributed by atoms with Crippen molar-refractivity contribution in [3.05, 3.63) is 29.6 Å². The highest BCUT2D eigenvalue weighted by atomic mass is 19.1. The molecule has 0 aliphatic carbocycles. The van der Waals surface area contributed by atoms with Crippen molar-refractivity contribution in [2.45, 2.75) is 20.0 Å². The predicted octanol–water partition coefficient (Wildman–Crippen LogP) is 2.28. The maximum Gasteiger partial charge on any atom is 0.165 e. The smallest absolute Gasteiger partial charge is 0.165 e. The largest absolute Gasteiger partial charge is 0.491 e. The van der Waals surface area contributed by atoms with E-state index >= 15 is 0 Å². The van der Waals surface area contributed by atoms with E-state index in [0.29, 0.717) is 12.2 Å². The maximum atomic E-state index is 13.0. The van der Waals surface area contributed by atoms with Gasteiger partial charge in [-0.15, -0.1) is 0 Å². The van der Waals surface area contributed by atoms with Crippen molar-refractivity contribution in [2.24, 2.45) is 0 Å². The van der Waals surface area contributed by atoms with E-state index in [2.05, 4.69) is 0 Å². The van der Waals surface area contributed by atoms with Crippen LogP contribution in [-0.2, 0) is 0 Å². The van der Waals surface area contributed by atoms with Crippen molar-refractivity contribution < 1.29 is 14.2 Å². The van der Waals surface area contributed by atoms with Gasteiger partial charge in [-0.1, -0.05) is 6.07 Å². The second kappa shape index (κ2) is 4.23. The van der Waals surface area contributed by atoms with Gasteiger partial charge in [0.25, 0.3) is 0 Å². The molecule has 0 unspecified atom stereocenters. The fraction of sp³-hybridized carbons (Fsp3) is 0.400. The van der Waals surface area contributed by atoms with Crippen molar-refractivity contribution in [3.8, 4) is 5.75 Å². The third-order valence-corrected chi connectivity index (χ3v) is 1.74. The van der Waals surface area contributed by atoms with E-state index < -0.39 is 11.9 Å². The van der Waals surface area contributed by atoms with E-state index in [1.165, 1.54) is 12.1 Å². The molecule has 1 aromatic carbocycles. The van der Waals surface area contributed by atoms with Gasteiger partial charge in [-0.3, -0.25) is 0 Å². The Balaban J connectivity index is 2.97. The molecule has 1 aromatic rings. The zero-order valence-corrected chi connectivity index (χ0v) is 7.75. The summed E-state index contributed by atoms with van der Waals surface area (Å²) in [5.74, 6) is -0.202. The van der Waals surface area contributed by atoms with Gasteiger partial charge in [0.2, 0.25) is 0 Å². The van der Waals surface area contributed by atoms with E-state index in [1.807, 2.05) is 0 Å². The molecule has 0 amide bonds. The van der Waals surface area contributed by atoms with Crippen LogP contribution in [0.3, 0.4) is 0 Å².